The Kier molecular flexibility index (Phi) is 3.79. The number of aryl methyl sites for hydroxylation is 1. The molecule has 0 saturated heterocycles. The summed E-state index contributed by atoms with van der Waals surface area (Å²) in [6.07, 6.45) is 3.30. The third-order valence-corrected chi connectivity index (χ3v) is 3.31. The Morgan fingerprint density at radius 1 is 1.41 bits per heavy atom. The lowest BCUT2D eigenvalue weighted by molar-refractivity contribution is 0.496. The van der Waals surface area contributed by atoms with E-state index in [4.69, 9.17) is 0 Å². The number of hydrogen-bond donors (Lipinski definition) is 1. The van der Waals surface area contributed by atoms with Crippen LogP contribution in [0.25, 0.3) is 5.65 Å². The Hall–Kier alpha value is -1.35. The second kappa shape index (κ2) is 5.32. The Bertz CT molecular complexity index is 487. The van der Waals surface area contributed by atoms with Crippen molar-refractivity contribution >= 4 is 5.65 Å². The van der Waals surface area contributed by atoms with Crippen LogP contribution in [0.2, 0.25) is 0 Å². The van der Waals surface area contributed by atoms with Crippen molar-refractivity contribution in [2.24, 2.45) is 5.92 Å². The van der Waals surface area contributed by atoms with E-state index < -0.39 is 0 Å². The molecule has 1 unspecified atom stereocenters. The van der Waals surface area contributed by atoms with E-state index in [1.54, 1.807) is 0 Å². The monoisotopic (exact) mass is 231 g/mol. The maximum atomic E-state index is 4.55. The summed E-state index contributed by atoms with van der Waals surface area (Å²) in [7, 11) is 0. The van der Waals surface area contributed by atoms with Crippen LogP contribution >= 0.6 is 0 Å². The summed E-state index contributed by atoms with van der Waals surface area (Å²) >= 11 is 0. The predicted octanol–water partition coefficient (Wildman–Crippen LogP) is 2.78. The van der Waals surface area contributed by atoms with Gasteiger partial charge in [-0.3, -0.25) is 0 Å². The van der Waals surface area contributed by atoms with E-state index in [1.165, 1.54) is 12.1 Å². The van der Waals surface area contributed by atoms with Crippen LogP contribution in [0.1, 0.15) is 31.7 Å². The van der Waals surface area contributed by atoms with Crippen LogP contribution in [-0.2, 0) is 6.54 Å². The van der Waals surface area contributed by atoms with Gasteiger partial charge in [-0.05, 0) is 31.5 Å². The number of hydrogen-bond acceptors (Lipinski definition) is 2. The Balaban J connectivity index is 2.10. The van der Waals surface area contributed by atoms with E-state index in [0.29, 0.717) is 0 Å². The summed E-state index contributed by atoms with van der Waals surface area (Å²) in [6.45, 7) is 8.53. The summed E-state index contributed by atoms with van der Waals surface area (Å²) in [5.74, 6) is 0.731. The van der Waals surface area contributed by atoms with Gasteiger partial charge < -0.3 is 9.72 Å². The molecule has 0 saturated carbocycles. The first-order valence-electron chi connectivity index (χ1n) is 6.35. The van der Waals surface area contributed by atoms with Gasteiger partial charge >= 0.3 is 0 Å². The van der Waals surface area contributed by atoms with E-state index in [-0.39, 0.29) is 0 Å². The first-order valence-corrected chi connectivity index (χ1v) is 6.35. The standard InChI is InChI=1S/C14H21N3/c1-4-11(2)9-15-10-13-12(3)16-14-7-5-6-8-17(13)14/h5-8,11,15H,4,9-10H2,1-3H3. The van der Waals surface area contributed by atoms with Gasteiger partial charge in [0.1, 0.15) is 5.65 Å². The van der Waals surface area contributed by atoms with Gasteiger partial charge in [-0.1, -0.05) is 26.3 Å². The van der Waals surface area contributed by atoms with Crippen molar-refractivity contribution in [3.8, 4) is 0 Å². The molecule has 1 atom stereocenters. The number of imidazole rings is 1. The Morgan fingerprint density at radius 2 is 2.24 bits per heavy atom. The molecule has 0 radical (unpaired) electrons. The zero-order valence-electron chi connectivity index (χ0n) is 10.9. The summed E-state index contributed by atoms with van der Waals surface area (Å²) < 4.78 is 2.17. The normalized spacial score (nSPS) is 13.1. The van der Waals surface area contributed by atoms with Gasteiger partial charge in [-0.2, -0.15) is 0 Å². The molecule has 0 aromatic carbocycles. The van der Waals surface area contributed by atoms with Crippen LogP contribution in [-0.4, -0.2) is 15.9 Å². The molecule has 3 nitrogen and oxygen atoms in total. The molecule has 0 aliphatic heterocycles. The van der Waals surface area contributed by atoms with Gasteiger partial charge in [0, 0.05) is 12.7 Å². The fourth-order valence-electron chi connectivity index (χ4n) is 1.96. The second-order valence-electron chi connectivity index (χ2n) is 4.72. The first-order chi connectivity index (χ1) is 8.22. The number of aromatic nitrogens is 2. The van der Waals surface area contributed by atoms with Crippen molar-refractivity contribution < 1.29 is 0 Å². The van der Waals surface area contributed by atoms with Crippen molar-refractivity contribution in [2.75, 3.05) is 6.54 Å². The van der Waals surface area contributed by atoms with Crippen LogP contribution in [0.4, 0.5) is 0 Å². The molecule has 92 valence electrons. The van der Waals surface area contributed by atoms with Crippen LogP contribution in [0.5, 0.6) is 0 Å². The average Bonchev–Trinajstić information content (AvgIpc) is 2.66. The van der Waals surface area contributed by atoms with Crippen molar-refractivity contribution in [2.45, 2.75) is 33.7 Å². The lowest BCUT2D eigenvalue weighted by Crippen LogP contribution is -2.21. The van der Waals surface area contributed by atoms with Crippen molar-refractivity contribution in [1.29, 1.82) is 0 Å². The van der Waals surface area contributed by atoms with Gasteiger partial charge in [0.05, 0.1) is 11.4 Å². The summed E-state index contributed by atoms with van der Waals surface area (Å²) in [4.78, 5) is 4.55. The van der Waals surface area contributed by atoms with Gasteiger partial charge in [0.15, 0.2) is 0 Å². The Morgan fingerprint density at radius 3 is 3.00 bits per heavy atom. The third kappa shape index (κ3) is 2.67. The maximum Gasteiger partial charge on any atom is 0.137 e. The van der Waals surface area contributed by atoms with Crippen LogP contribution < -0.4 is 5.32 Å². The molecule has 0 aliphatic rings. The fraction of sp³-hybridized carbons (Fsp3) is 0.500. The van der Waals surface area contributed by atoms with Crippen LogP contribution in [0.3, 0.4) is 0 Å². The van der Waals surface area contributed by atoms with Crippen molar-refractivity contribution in [3.63, 3.8) is 0 Å². The molecule has 17 heavy (non-hydrogen) atoms. The van der Waals surface area contributed by atoms with Gasteiger partial charge in [0.25, 0.3) is 0 Å². The molecule has 2 rings (SSSR count). The Labute approximate surface area is 103 Å². The van der Waals surface area contributed by atoms with Gasteiger partial charge in [0.2, 0.25) is 0 Å². The maximum absolute atomic E-state index is 4.55. The highest BCUT2D eigenvalue weighted by Gasteiger charge is 2.07. The molecule has 0 aliphatic carbocycles. The minimum absolute atomic E-state index is 0.731. The minimum atomic E-state index is 0.731. The van der Waals surface area contributed by atoms with E-state index in [9.17, 15) is 0 Å². The highest BCUT2D eigenvalue weighted by Crippen LogP contribution is 2.11. The highest BCUT2D eigenvalue weighted by molar-refractivity contribution is 5.42. The van der Waals surface area contributed by atoms with E-state index in [1.807, 2.05) is 18.2 Å². The van der Waals surface area contributed by atoms with E-state index in [0.717, 1.165) is 30.3 Å². The lowest BCUT2D eigenvalue weighted by Gasteiger charge is -2.10. The summed E-state index contributed by atoms with van der Waals surface area (Å²) in [5, 5.41) is 3.51. The van der Waals surface area contributed by atoms with E-state index in [2.05, 4.69) is 41.7 Å². The molecule has 0 amide bonds. The lowest BCUT2D eigenvalue weighted by atomic mass is 10.1. The zero-order chi connectivity index (χ0) is 12.3. The second-order valence-corrected chi connectivity index (χ2v) is 4.72. The van der Waals surface area contributed by atoms with Crippen molar-refractivity contribution in [3.05, 3.63) is 35.8 Å². The molecule has 2 aromatic heterocycles. The third-order valence-electron chi connectivity index (χ3n) is 3.31. The molecule has 3 heteroatoms. The molecular weight excluding hydrogens is 210 g/mol. The molecule has 2 heterocycles. The number of rotatable bonds is 5. The molecule has 0 spiro atoms. The predicted molar refractivity (Wildman–Crippen MR) is 71.1 cm³/mol. The topological polar surface area (TPSA) is 29.3 Å². The number of fused-ring (bicyclic) bond motifs is 1. The van der Waals surface area contributed by atoms with Crippen LogP contribution in [0, 0.1) is 12.8 Å². The fourth-order valence-corrected chi connectivity index (χ4v) is 1.96. The van der Waals surface area contributed by atoms with E-state index >= 15 is 0 Å². The first kappa shape index (κ1) is 12.1. The highest BCUT2D eigenvalue weighted by atomic mass is 15.0. The van der Waals surface area contributed by atoms with Gasteiger partial charge in [-0.25, -0.2) is 4.98 Å². The quantitative estimate of drug-likeness (QED) is 0.857. The molecular formula is C14H21N3. The molecule has 1 N–H and O–H groups in total. The van der Waals surface area contributed by atoms with Gasteiger partial charge in [-0.15, -0.1) is 0 Å². The largest absolute Gasteiger partial charge is 0.311 e. The summed E-state index contributed by atoms with van der Waals surface area (Å²) in [5.41, 5.74) is 3.42. The molecule has 2 aromatic rings. The average molecular weight is 231 g/mol. The van der Waals surface area contributed by atoms with Crippen LogP contribution in [0.15, 0.2) is 24.4 Å². The number of nitrogens with one attached hydrogen (secondary N) is 1. The zero-order valence-corrected chi connectivity index (χ0v) is 10.9. The smallest absolute Gasteiger partial charge is 0.137 e. The minimum Gasteiger partial charge on any atom is -0.311 e. The number of pyridine rings is 1. The summed E-state index contributed by atoms with van der Waals surface area (Å²) in [6, 6.07) is 6.12. The molecule has 0 fully saturated rings. The SMILES string of the molecule is CCC(C)CNCc1c(C)nc2ccccn12. The van der Waals surface area contributed by atoms with Crippen molar-refractivity contribution in [1.82, 2.24) is 14.7 Å². The molecule has 0 bridgehead atoms. The number of nitrogens with zero attached hydrogens (tertiary/aromatic N) is 2.